The Morgan fingerprint density at radius 1 is 1.42 bits per heavy atom. The number of hydrogen-bond donors (Lipinski definition) is 3. The van der Waals surface area contributed by atoms with E-state index in [9.17, 15) is 26.7 Å². The molecule has 0 radical (unpaired) electrons. The highest BCUT2D eigenvalue weighted by Crippen LogP contribution is 2.39. The fourth-order valence-corrected chi connectivity index (χ4v) is 4.61. The second kappa shape index (κ2) is 7.67. The summed E-state index contributed by atoms with van der Waals surface area (Å²) in [4.78, 5) is 4.18. The van der Waals surface area contributed by atoms with E-state index in [0.717, 1.165) is 18.3 Å². The van der Waals surface area contributed by atoms with Gasteiger partial charge in [0.2, 0.25) is 10.0 Å². The zero-order chi connectivity index (χ0) is 19.6. The molecule has 26 heavy (non-hydrogen) atoms. The summed E-state index contributed by atoms with van der Waals surface area (Å²) in [6.07, 6.45) is -1.57. The van der Waals surface area contributed by atoms with Crippen molar-refractivity contribution in [2.75, 3.05) is 18.8 Å². The third kappa shape index (κ3) is 4.84. The highest BCUT2D eigenvalue weighted by Gasteiger charge is 2.54. The van der Waals surface area contributed by atoms with Gasteiger partial charge in [0.15, 0.2) is 5.60 Å². The van der Waals surface area contributed by atoms with E-state index in [1.165, 1.54) is 24.3 Å². The summed E-state index contributed by atoms with van der Waals surface area (Å²) in [7, 11) is -3.64. The van der Waals surface area contributed by atoms with Crippen LogP contribution in [-0.2, 0) is 10.0 Å². The maximum absolute atomic E-state index is 12.8. The average Bonchev–Trinajstić information content (AvgIpc) is 2.98. The number of rotatable bonds is 6. The van der Waals surface area contributed by atoms with Crippen LogP contribution in [0.15, 0.2) is 33.5 Å². The van der Waals surface area contributed by atoms with Crippen LogP contribution in [0, 0.1) is 5.92 Å². The van der Waals surface area contributed by atoms with Crippen molar-refractivity contribution in [3.05, 3.63) is 24.3 Å². The molecule has 0 aliphatic heterocycles. The molecule has 1 heterocycles. The maximum atomic E-state index is 12.8. The van der Waals surface area contributed by atoms with Gasteiger partial charge in [-0.05, 0) is 38.0 Å². The van der Waals surface area contributed by atoms with Gasteiger partial charge in [0.25, 0.3) is 0 Å². The number of aliphatic hydroxyl groups is 1. The topological polar surface area (TPSA) is 105 Å². The SMILES string of the molecule is CC(O)(C1C=CC(=NCCNS(=O)(=O)c2ccc(N)s2)CC1)C(F)(F)F. The molecule has 0 saturated heterocycles. The molecule has 6 nitrogen and oxygen atoms in total. The van der Waals surface area contributed by atoms with Crippen LogP contribution < -0.4 is 10.5 Å². The molecule has 0 bridgehead atoms. The Kier molecular flexibility index (Phi) is 6.16. The number of nitrogen functional groups attached to an aromatic ring is 1. The molecule has 0 spiro atoms. The Bertz CT molecular complexity index is 799. The van der Waals surface area contributed by atoms with E-state index >= 15 is 0 Å². The normalized spacial score (nSPS) is 22.5. The fraction of sp³-hybridized carbons (Fsp3) is 0.533. The van der Waals surface area contributed by atoms with Gasteiger partial charge in [-0.25, -0.2) is 13.1 Å². The van der Waals surface area contributed by atoms with Crippen molar-refractivity contribution in [1.82, 2.24) is 4.72 Å². The van der Waals surface area contributed by atoms with E-state index in [2.05, 4.69) is 9.71 Å². The second-order valence-corrected chi connectivity index (χ2v) is 9.19. The van der Waals surface area contributed by atoms with Gasteiger partial charge in [-0.1, -0.05) is 6.08 Å². The lowest BCUT2D eigenvalue weighted by atomic mass is 9.81. The average molecular weight is 411 g/mol. The van der Waals surface area contributed by atoms with E-state index in [-0.39, 0.29) is 30.1 Å². The van der Waals surface area contributed by atoms with Crippen LogP contribution in [0.4, 0.5) is 18.2 Å². The minimum absolute atomic E-state index is 0.0567. The van der Waals surface area contributed by atoms with E-state index in [1.54, 1.807) is 0 Å². The van der Waals surface area contributed by atoms with Crippen LogP contribution in [-0.4, -0.2) is 44.1 Å². The van der Waals surface area contributed by atoms with E-state index < -0.39 is 27.7 Å². The highest BCUT2D eigenvalue weighted by atomic mass is 32.2. The number of sulfonamides is 1. The van der Waals surface area contributed by atoms with Crippen molar-refractivity contribution in [3.8, 4) is 0 Å². The predicted molar refractivity (Wildman–Crippen MR) is 94.8 cm³/mol. The summed E-state index contributed by atoms with van der Waals surface area (Å²) in [6.45, 7) is 0.970. The molecule has 0 saturated carbocycles. The standard InChI is InChI=1S/C15H20F3N3O3S2/c1-14(22,15(16,17)18)10-2-4-11(5-3-10)20-8-9-21-26(23,24)13-7-6-12(19)25-13/h2,4,6-7,10,21-22H,3,5,8-9,19H2,1H3. The molecule has 2 atom stereocenters. The molecule has 0 aromatic carbocycles. The van der Waals surface area contributed by atoms with Gasteiger partial charge in [0.05, 0.1) is 11.5 Å². The highest BCUT2D eigenvalue weighted by molar-refractivity contribution is 7.91. The van der Waals surface area contributed by atoms with Crippen molar-refractivity contribution in [1.29, 1.82) is 0 Å². The summed E-state index contributed by atoms with van der Waals surface area (Å²) in [5.41, 5.74) is 3.29. The molecule has 0 fully saturated rings. The molecule has 2 unspecified atom stereocenters. The fourth-order valence-electron chi connectivity index (χ4n) is 2.45. The maximum Gasteiger partial charge on any atom is 0.417 e. The van der Waals surface area contributed by atoms with E-state index in [0.29, 0.717) is 10.7 Å². The lowest BCUT2D eigenvalue weighted by Gasteiger charge is -2.34. The monoisotopic (exact) mass is 411 g/mol. The van der Waals surface area contributed by atoms with E-state index in [1.807, 2.05) is 0 Å². The summed E-state index contributed by atoms with van der Waals surface area (Å²) < 4.78 is 65.0. The van der Waals surface area contributed by atoms with Gasteiger partial charge in [-0.15, -0.1) is 11.3 Å². The van der Waals surface area contributed by atoms with Crippen molar-refractivity contribution in [2.24, 2.45) is 10.9 Å². The molecule has 1 aromatic heterocycles. The molecule has 1 aromatic rings. The summed E-state index contributed by atoms with van der Waals surface area (Å²) in [6, 6.07) is 2.91. The molecule has 11 heteroatoms. The third-order valence-electron chi connectivity index (χ3n) is 4.11. The van der Waals surface area contributed by atoms with Crippen LogP contribution in [0.2, 0.25) is 0 Å². The molecule has 0 amide bonds. The lowest BCUT2D eigenvalue weighted by molar-refractivity contribution is -0.267. The first-order valence-corrected chi connectivity index (χ1v) is 10.1. The number of thiophene rings is 1. The number of nitrogens with two attached hydrogens (primary N) is 1. The second-order valence-electron chi connectivity index (χ2n) is 6.08. The van der Waals surface area contributed by atoms with Crippen LogP contribution >= 0.6 is 11.3 Å². The quantitative estimate of drug-likeness (QED) is 0.625. The molecule has 2 rings (SSSR count). The number of halogens is 3. The Morgan fingerprint density at radius 2 is 2.12 bits per heavy atom. The van der Waals surface area contributed by atoms with Gasteiger partial charge in [0, 0.05) is 18.2 Å². The van der Waals surface area contributed by atoms with Gasteiger partial charge in [-0.3, -0.25) is 4.99 Å². The zero-order valence-corrected chi connectivity index (χ0v) is 15.6. The van der Waals surface area contributed by atoms with Crippen molar-refractivity contribution in [2.45, 2.75) is 35.8 Å². The minimum atomic E-state index is -4.71. The van der Waals surface area contributed by atoms with Crippen molar-refractivity contribution < 1.29 is 26.7 Å². The number of nitrogens with zero attached hydrogens (tertiary/aromatic N) is 1. The Morgan fingerprint density at radius 3 is 2.62 bits per heavy atom. The third-order valence-corrected chi connectivity index (χ3v) is 6.98. The van der Waals surface area contributed by atoms with Gasteiger partial charge in [0.1, 0.15) is 4.21 Å². The first kappa shape index (κ1) is 20.9. The number of allylic oxidation sites excluding steroid dienone is 1. The van der Waals surface area contributed by atoms with Gasteiger partial charge < -0.3 is 10.8 Å². The van der Waals surface area contributed by atoms with Crippen molar-refractivity contribution in [3.63, 3.8) is 0 Å². The number of aliphatic imine (C=N–C) groups is 1. The van der Waals surface area contributed by atoms with Crippen molar-refractivity contribution >= 4 is 32.1 Å². The Balaban J connectivity index is 1.88. The molecule has 1 aliphatic rings. The number of alkyl halides is 3. The van der Waals surface area contributed by atoms with Crippen LogP contribution in [0.5, 0.6) is 0 Å². The summed E-state index contributed by atoms with van der Waals surface area (Å²) in [5.74, 6) is -1.04. The smallest absolute Gasteiger partial charge is 0.391 e. The largest absolute Gasteiger partial charge is 0.417 e. The molecule has 146 valence electrons. The minimum Gasteiger partial charge on any atom is -0.391 e. The van der Waals surface area contributed by atoms with Gasteiger partial charge >= 0.3 is 6.18 Å². The first-order valence-electron chi connectivity index (χ1n) is 7.79. The zero-order valence-electron chi connectivity index (χ0n) is 14.0. The predicted octanol–water partition coefficient (Wildman–Crippen LogP) is 2.33. The molecule has 4 N–H and O–H groups in total. The number of nitrogens with one attached hydrogen (secondary N) is 1. The number of hydrogen-bond acceptors (Lipinski definition) is 6. The molecular weight excluding hydrogens is 391 g/mol. The Hall–Kier alpha value is -1.43. The first-order chi connectivity index (χ1) is 11.9. The number of anilines is 1. The summed E-state index contributed by atoms with van der Waals surface area (Å²) >= 11 is 0.950. The molecular formula is C15H20F3N3O3S2. The van der Waals surface area contributed by atoms with Gasteiger partial charge in [-0.2, -0.15) is 13.2 Å². The summed E-state index contributed by atoms with van der Waals surface area (Å²) in [5, 5.41) is 10.1. The Labute approximate surface area is 153 Å². The van der Waals surface area contributed by atoms with Crippen LogP contribution in [0.25, 0.3) is 0 Å². The van der Waals surface area contributed by atoms with E-state index in [4.69, 9.17) is 5.73 Å². The van der Waals surface area contributed by atoms with Crippen LogP contribution in [0.1, 0.15) is 19.8 Å². The van der Waals surface area contributed by atoms with Crippen LogP contribution in [0.3, 0.4) is 0 Å². The molecule has 1 aliphatic carbocycles. The lowest BCUT2D eigenvalue weighted by Crippen LogP contribution is -2.48.